The van der Waals surface area contributed by atoms with E-state index in [1.807, 2.05) is 0 Å². The number of rotatable bonds is 5. The van der Waals surface area contributed by atoms with Gasteiger partial charge in [-0.2, -0.15) is 17.9 Å². The first kappa shape index (κ1) is 22.5. The fourth-order valence-electron chi connectivity index (χ4n) is 2.94. The Labute approximate surface area is 175 Å². The second-order valence-corrected chi connectivity index (χ2v) is 7.99. The minimum atomic E-state index is -4.68. The zero-order chi connectivity index (χ0) is 23.0. The number of methoxy groups -OCH3 is 3. The van der Waals surface area contributed by atoms with Gasteiger partial charge in [0.05, 0.1) is 32.6 Å². The quantitative estimate of drug-likeness (QED) is 0.626. The molecule has 1 heterocycles. The molecule has 1 aliphatic rings. The minimum absolute atomic E-state index is 0.176. The summed E-state index contributed by atoms with van der Waals surface area (Å²) in [5.74, 6) is -0.141. The van der Waals surface area contributed by atoms with Gasteiger partial charge in [0.25, 0.3) is 5.91 Å². The van der Waals surface area contributed by atoms with E-state index in [-0.39, 0.29) is 28.6 Å². The molecule has 31 heavy (non-hydrogen) atoms. The fourth-order valence-corrected chi connectivity index (χ4v) is 4.20. The van der Waals surface area contributed by atoms with Gasteiger partial charge in [0.2, 0.25) is 15.8 Å². The van der Waals surface area contributed by atoms with Crippen molar-refractivity contribution in [2.75, 3.05) is 32.0 Å². The summed E-state index contributed by atoms with van der Waals surface area (Å²) >= 11 is 0. The van der Waals surface area contributed by atoms with Crippen LogP contribution in [0.4, 0.5) is 24.5 Å². The highest BCUT2D eigenvalue weighted by Gasteiger charge is 2.37. The number of alkyl halides is 3. The van der Waals surface area contributed by atoms with Crippen molar-refractivity contribution in [2.45, 2.75) is 17.2 Å². The molecule has 13 heteroatoms. The molecule has 2 aromatic rings. The molecule has 3 rings (SSSR count). The van der Waals surface area contributed by atoms with Crippen molar-refractivity contribution < 1.29 is 40.6 Å². The van der Waals surface area contributed by atoms with Crippen LogP contribution >= 0.6 is 0 Å². The number of hydrogen-bond donors (Lipinski definition) is 3. The van der Waals surface area contributed by atoms with E-state index >= 15 is 0 Å². The van der Waals surface area contributed by atoms with E-state index in [2.05, 4.69) is 15.4 Å². The standard InChI is InChI=1S/C18H18F3N3O6S/c1-28-12-7-10(8-13(29-2)15(12)30-3)22-17(25)16-23-11-6-9(18(19,20)21)4-5-14(11)31(26,27)24-16/h4-8,16,23-24H,1-3H3,(H,22,25)/t16-/m1/s1. The van der Waals surface area contributed by atoms with Crippen molar-refractivity contribution in [3.63, 3.8) is 0 Å². The third-order valence-electron chi connectivity index (χ3n) is 4.36. The lowest BCUT2D eigenvalue weighted by Crippen LogP contribution is -2.51. The molecule has 0 bridgehead atoms. The largest absolute Gasteiger partial charge is 0.493 e. The SMILES string of the molecule is COc1cc(NC(=O)[C@@H]2Nc3cc(C(F)(F)F)ccc3S(=O)(=O)N2)cc(OC)c1OC. The molecule has 1 amide bonds. The Kier molecular flexibility index (Phi) is 5.91. The summed E-state index contributed by atoms with van der Waals surface area (Å²) in [7, 11) is -0.102. The number of ether oxygens (including phenoxy) is 3. The van der Waals surface area contributed by atoms with E-state index in [9.17, 15) is 26.4 Å². The van der Waals surface area contributed by atoms with Gasteiger partial charge in [-0.25, -0.2) is 8.42 Å². The summed E-state index contributed by atoms with van der Waals surface area (Å²) in [6.07, 6.45) is -6.25. The lowest BCUT2D eigenvalue weighted by Gasteiger charge is -2.28. The summed E-state index contributed by atoms with van der Waals surface area (Å²) < 4.78 is 81.4. The van der Waals surface area contributed by atoms with Gasteiger partial charge in [-0.05, 0) is 18.2 Å². The number of carbonyl (C=O) groups is 1. The summed E-state index contributed by atoms with van der Waals surface area (Å²) in [5, 5.41) is 4.94. The highest BCUT2D eigenvalue weighted by atomic mass is 32.2. The summed E-state index contributed by atoms with van der Waals surface area (Å²) in [6.45, 7) is 0. The van der Waals surface area contributed by atoms with Crippen molar-refractivity contribution in [3.8, 4) is 17.2 Å². The number of nitrogens with one attached hydrogen (secondary N) is 3. The van der Waals surface area contributed by atoms with Gasteiger partial charge in [0.15, 0.2) is 17.7 Å². The minimum Gasteiger partial charge on any atom is -0.493 e. The van der Waals surface area contributed by atoms with E-state index in [1.165, 1.54) is 33.5 Å². The number of fused-ring (bicyclic) bond motifs is 1. The molecule has 0 aromatic heterocycles. The number of carbonyl (C=O) groups excluding carboxylic acids is 1. The van der Waals surface area contributed by atoms with Crippen LogP contribution in [-0.2, 0) is 21.0 Å². The summed E-state index contributed by atoms with van der Waals surface area (Å²) in [4.78, 5) is 12.3. The lowest BCUT2D eigenvalue weighted by atomic mass is 10.2. The molecule has 2 aromatic carbocycles. The first-order valence-corrected chi connectivity index (χ1v) is 10.1. The Morgan fingerprint density at radius 3 is 2.16 bits per heavy atom. The number of hydrogen-bond acceptors (Lipinski definition) is 7. The molecule has 9 nitrogen and oxygen atoms in total. The molecule has 1 atom stereocenters. The zero-order valence-corrected chi connectivity index (χ0v) is 17.3. The number of sulfonamides is 1. The second kappa shape index (κ2) is 8.15. The van der Waals surface area contributed by atoms with Gasteiger partial charge in [0.1, 0.15) is 4.90 Å². The van der Waals surface area contributed by atoms with Crippen molar-refractivity contribution in [3.05, 3.63) is 35.9 Å². The van der Waals surface area contributed by atoms with E-state index in [1.54, 1.807) is 0 Å². The normalized spacial score (nSPS) is 17.2. The predicted molar refractivity (Wildman–Crippen MR) is 104 cm³/mol. The number of benzene rings is 2. The first-order valence-electron chi connectivity index (χ1n) is 8.61. The Balaban J connectivity index is 1.90. The van der Waals surface area contributed by atoms with Crippen LogP contribution in [-0.4, -0.2) is 41.8 Å². The molecule has 168 valence electrons. The number of anilines is 2. The molecule has 3 N–H and O–H groups in total. The topological polar surface area (TPSA) is 115 Å². The predicted octanol–water partition coefficient (Wildman–Crippen LogP) is 2.40. The molecule has 0 aliphatic carbocycles. The van der Waals surface area contributed by atoms with Gasteiger partial charge in [-0.1, -0.05) is 0 Å². The van der Waals surface area contributed by atoms with Crippen molar-refractivity contribution in [1.29, 1.82) is 0 Å². The van der Waals surface area contributed by atoms with Crippen LogP contribution in [0.3, 0.4) is 0 Å². The summed E-state index contributed by atoms with van der Waals surface area (Å²) in [5.41, 5.74) is -1.23. The second-order valence-electron chi connectivity index (χ2n) is 6.31. The van der Waals surface area contributed by atoms with E-state index in [0.29, 0.717) is 12.1 Å². The Morgan fingerprint density at radius 2 is 1.65 bits per heavy atom. The van der Waals surface area contributed by atoms with Crippen LogP contribution in [0.15, 0.2) is 35.2 Å². The molecule has 0 saturated carbocycles. The Morgan fingerprint density at radius 1 is 1.03 bits per heavy atom. The fraction of sp³-hybridized carbons (Fsp3) is 0.278. The van der Waals surface area contributed by atoms with Crippen molar-refractivity contribution >= 4 is 27.3 Å². The highest BCUT2D eigenvalue weighted by molar-refractivity contribution is 7.89. The highest BCUT2D eigenvalue weighted by Crippen LogP contribution is 2.40. The molecule has 0 radical (unpaired) electrons. The van der Waals surface area contributed by atoms with Crippen LogP contribution in [0.5, 0.6) is 17.2 Å². The van der Waals surface area contributed by atoms with Gasteiger partial charge in [0, 0.05) is 17.8 Å². The van der Waals surface area contributed by atoms with E-state index in [4.69, 9.17) is 14.2 Å². The smallest absolute Gasteiger partial charge is 0.416 e. The molecule has 0 fully saturated rings. The molecule has 0 saturated heterocycles. The Hall–Kier alpha value is -3.19. The van der Waals surface area contributed by atoms with E-state index < -0.39 is 38.7 Å². The monoisotopic (exact) mass is 461 g/mol. The van der Waals surface area contributed by atoms with Crippen LogP contribution in [0.2, 0.25) is 0 Å². The average molecular weight is 461 g/mol. The van der Waals surface area contributed by atoms with Crippen LogP contribution in [0, 0.1) is 0 Å². The first-order chi connectivity index (χ1) is 14.5. The van der Waals surface area contributed by atoms with Gasteiger partial charge < -0.3 is 24.8 Å². The molecule has 1 aliphatic heterocycles. The molecular weight excluding hydrogens is 443 g/mol. The maximum atomic E-state index is 13.0. The molecular formula is C18H18F3N3O6S. The molecule has 0 spiro atoms. The summed E-state index contributed by atoms with van der Waals surface area (Å²) in [6, 6.07) is 4.92. The van der Waals surface area contributed by atoms with Crippen molar-refractivity contribution in [1.82, 2.24) is 4.72 Å². The average Bonchev–Trinajstić information content (AvgIpc) is 2.71. The molecule has 0 unspecified atom stereocenters. The third-order valence-corrected chi connectivity index (χ3v) is 5.84. The lowest BCUT2D eigenvalue weighted by molar-refractivity contribution is -0.137. The maximum absolute atomic E-state index is 13.0. The number of halogens is 3. The van der Waals surface area contributed by atoms with Gasteiger partial charge in [-0.3, -0.25) is 4.79 Å². The number of amides is 1. The van der Waals surface area contributed by atoms with Gasteiger partial charge >= 0.3 is 6.18 Å². The zero-order valence-electron chi connectivity index (χ0n) is 16.5. The van der Waals surface area contributed by atoms with Crippen LogP contribution in [0.25, 0.3) is 0 Å². The van der Waals surface area contributed by atoms with Crippen molar-refractivity contribution in [2.24, 2.45) is 0 Å². The van der Waals surface area contributed by atoms with E-state index in [0.717, 1.165) is 6.07 Å². The Bertz CT molecular complexity index is 1100. The maximum Gasteiger partial charge on any atom is 0.416 e. The van der Waals surface area contributed by atoms with Crippen LogP contribution in [0.1, 0.15) is 5.56 Å². The third kappa shape index (κ3) is 4.46. The van der Waals surface area contributed by atoms with Gasteiger partial charge in [-0.15, -0.1) is 0 Å². The van der Waals surface area contributed by atoms with Crippen LogP contribution < -0.4 is 29.6 Å².